The smallest absolute Gasteiger partial charge is 0.253 e. The molecular weight excluding hydrogens is 696 g/mol. The number of benzene rings is 2. The van der Waals surface area contributed by atoms with Gasteiger partial charge in [-0.15, -0.1) is 0 Å². The van der Waals surface area contributed by atoms with Crippen LogP contribution in [0, 0.1) is 5.82 Å². The predicted molar refractivity (Wildman–Crippen MR) is 209 cm³/mol. The van der Waals surface area contributed by atoms with E-state index in [1.807, 2.05) is 21.6 Å². The van der Waals surface area contributed by atoms with Gasteiger partial charge in [-0.2, -0.15) is 0 Å². The van der Waals surface area contributed by atoms with Crippen LogP contribution in [0.3, 0.4) is 0 Å². The van der Waals surface area contributed by atoms with Crippen molar-refractivity contribution in [3.05, 3.63) is 95.8 Å². The van der Waals surface area contributed by atoms with Gasteiger partial charge in [0.15, 0.2) is 11.6 Å². The molecule has 0 unspecified atom stereocenters. The molecule has 0 radical (unpaired) electrons. The Morgan fingerprint density at radius 2 is 1.73 bits per heavy atom. The van der Waals surface area contributed by atoms with Gasteiger partial charge in [0.2, 0.25) is 5.91 Å². The normalized spacial score (nSPS) is 20.9. The maximum Gasteiger partial charge on any atom is 0.253 e. The van der Waals surface area contributed by atoms with Crippen LogP contribution in [0.25, 0.3) is 22.3 Å². The van der Waals surface area contributed by atoms with Crippen molar-refractivity contribution in [2.75, 3.05) is 36.4 Å². The van der Waals surface area contributed by atoms with Gasteiger partial charge in [-0.3, -0.25) is 19.4 Å². The van der Waals surface area contributed by atoms with Gasteiger partial charge in [-0.05, 0) is 101 Å². The number of imidazole rings is 1. The SMILES string of the molecule is CC(C)n1cnc2cc(-c3ccc4c(c3)N(C3CC(N5CCCCC5)C3)C(=O)C43CCN(C(=O)c4ccc(C=O)cc4)CC3)nc(Nc3ccncc3F)c21. The molecule has 282 valence electrons. The number of nitrogens with one attached hydrogen (secondary N) is 1. The number of fused-ring (bicyclic) bond motifs is 3. The van der Waals surface area contributed by atoms with Gasteiger partial charge in [0.05, 0.1) is 34.8 Å². The van der Waals surface area contributed by atoms with E-state index >= 15 is 0 Å². The molecule has 1 N–H and O–H groups in total. The van der Waals surface area contributed by atoms with Crippen LogP contribution in [0.5, 0.6) is 0 Å². The van der Waals surface area contributed by atoms with Crippen molar-refractivity contribution in [3.8, 4) is 11.3 Å². The second kappa shape index (κ2) is 14.0. The van der Waals surface area contributed by atoms with Crippen molar-refractivity contribution in [1.82, 2.24) is 29.3 Å². The van der Waals surface area contributed by atoms with Crippen LogP contribution in [-0.2, 0) is 10.2 Å². The van der Waals surface area contributed by atoms with E-state index in [-0.39, 0.29) is 29.6 Å². The Labute approximate surface area is 319 Å². The number of halogens is 1. The first-order valence-electron chi connectivity index (χ1n) is 19.6. The van der Waals surface area contributed by atoms with Crippen LogP contribution in [0.2, 0.25) is 0 Å². The molecule has 5 aromatic rings. The summed E-state index contributed by atoms with van der Waals surface area (Å²) in [6, 6.07) is 17.1. The van der Waals surface area contributed by atoms with Crippen molar-refractivity contribution in [2.45, 2.75) is 82.3 Å². The van der Waals surface area contributed by atoms with Crippen LogP contribution < -0.4 is 10.2 Å². The highest BCUT2D eigenvalue weighted by Gasteiger charge is 2.56. The topological polar surface area (TPSA) is 117 Å². The number of aldehydes is 1. The third-order valence-electron chi connectivity index (χ3n) is 12.4. The number of carbonyl (C=O) groups is 3. The lowest BCUT2D eigenvalue weighted by molar-refractivity contribution is -0.125. The molecule has 3 aromatic heterocycles. The zero-order valence-electron chi connectivity index (χ0n) is 31.2. The average Bonchev–Trinajstić information content (AvgIpc) is 3.73. The zero-order valence-corrected chi connectivity index (χ0v) is 31.2. The summed E-state index contributed by atoms with van der Waals surface area (Å²) < 4.78 is 16.9. The number of piperidine rings is 2. The van der Waals surface area contributed by atoms with Crippen molar-refractivity contribution in [1.29, 1.82) is 0 Å². The molecule has 2 amide bonds. The van der Waals surface area contributed by atoms with Gasteiger partial charge in [0.1, 0.15) is 11.8 Å². The lowest BCUT2D eigenvalue weighted by Crippen LogP contribution is -2.58. The van der Waals surface area contributed by atoms with E-state index in [1.165, 1.54) is 31.7 Å². The molecule has 3 aliphatic heterocycles. The van der Waals surface area contributed by atoms with Gasteiger partial charge in [-0.1, -0.05) is 30.7 Å². The fraction of sp³-hybridized carbons (Fsp3) is 0.395. The summed E-state index contributed by atoms with van der Waals surface area (Å²) in [5.74, 6) is 0.0296. The lowest BCUT2D eigenvalue weighted by atomic mass is 9.73. The summed E-state index contributed by atoms with van der Waals surface area (Å²) in [6.45, 7) is 7.28. The average molecular weight is 741 g/mol. The zero-order chi connectivity index (χ0) is 37.8. The van der Waals surface area contributed by atoms with Crippen LogP contribution in [-0.4, -0.2) is 85.7 Å². The molecule has 11 nitrogen and oxygen atoms in total. The number of anilines is 3. The lowest BCUT2D eigenvalue weighted by Gasteiger charge is -2.48. The van der Waals surface area contributed by atoms with Gasteiger partial charge in [0, 0.05) is 59.8 Å². The molecule has 1 spiro atoms. The predicted octanol–water partition coefficient (Wildman–Crippen LogP) is 7.31. The van der Waals surface area contributed by atoms with E-state index in [0.29, 0.717) is 54.6 Å². The highest BCUT2D eigenvalue weighted by Crippen LogP contribution is 2.52. The summed E-state index contributed by atoms with van der Waals surface area (Å²) >= 11 is 0. The van der Waals surface area contributed by atoms with Crippen LogP contribution in [0.15, 0.2) is 73.3 Å². The van der Waals surface area contributed by atoms with Crippen molar-refractivity contribution >= 4 is 46.3 Å². The molecule has 2 aromatic carbocycles. The Morgan fingerprint density at radius 3 is 2.44 bits per heavy atom. The molecule has 6 heterocycles. The van der Waals surface area contributed by atoms with Gasteiger partial charge in [-0.25, -0.2) is 14.4 Å². The third kappa shape index (κ3) is 6.07. The summed E-state index contributed by atoms with van der Waals surface area (Å²) in [6.07, 6.45) is 11.9. The number of pyridine rings is 2. The summed E-state index contributed by atoms with van der Waals surface area (Å²) in [5.41, 5.74) is 5.51. The number of likely N-dealkylation sites (tertiary alicyclic amines) is 2. The molecule has 3 fully saturated rings. The minimum absolute atomic E-state index is 0.0906. The minimum atomic E-state index is -0.735. The van der Waals surface area contributed by atoms with Crippen LogP contribution in [0.4, 0.5) is 21.6 Å². The van der Waals surface area contributed by atoms with Crippen molar-refractivity contribution in [2.24, 2.45) is 0 Å². The Balaban J connectivity index is 1.07. The number of aromatic nitrogens is 4. The summed E-state index contributed by atoms with van der Waals surface area (Å²) in [7, 11) is 0. The van der Waals surface area contributed by atoms with E-state index in [1.54, 1.807) is 36.7 Å². The van der Waals surface area contributed by atoms with E-state index in [4.69, 9.17) is 9.97 Å². The van der Waals surface area contributed by atoms with Gasteiger partial charge < -0.3 is 24.6 Å². The Kier molecular flexibility index (Phi) is 8.95. The molecule has 9 rings (SSSR count). The van der Waals surface area contributed by atoms with Gasteiger partial charge in [0.25, 0.3) is 5.91 Å². The molecule has 1 aliphatic carbocycles. The number of carbonyl (C=O) groups excluding carboxylic acids is 3. The van der Waals surface area contributed by atoms with Crippen LogP contribution in [0.1, 0.15) is 91.1 Å². The molecular formula is C43H45FN8O3. The highest BCUT2D eigenvalue weighted by atomic mass is 19.1. The Bertz CT molecular complexity index is 2290. The fourth-order valence-electron chi connectivity index (χ4n) is 9.22. The highest BCUT2D eigenvalue weighted by molar-refractivity contribution is 6.10. The second-order valence-corrected chi connectivity index (χ2v) is 15.8. The van der Waals surface area contributed by atoms with Crippen molar-refractivity contribution < 1.29 is 18.8 Å². The molecule has 4 aliphatic rings. The number of hydrogen-bond acceptors (Lipinski definition) is 8. The standard InChI is InChI=1S/C43H45FN8O3/c1-27(2)51-26-46-37-23-36(48-40(39(37)51)47-35-12-15-45-24-34(35)44)30-10-11-33-38(20-30)52(32-21-31(22-32)49-16-4-3-5-17-49)42(55)43(33)13-18-50(19-14-43)41(54)29-8-6-28(25-53)7-9-29/h6-12,15,20,23-27,31-32H,3-5,13-14,16-19,21-22H2,1-2H3,(H,45,47,48). The Hall–Kier alpha value is -5.49. The van der Waals surface area contributed by atoms with Gasteiger partial charge >= 0.3 is 0 Å². The fourth-order valence-corrected chi connectivity index (χ4v) is 9.22. The number of hydrogen-bond donors (Lipinski definition) is 1. The largest absolute Gasteiger partial charge is 0.339 e. The molecule has 55 heavy (non-hydrogen) atoms. The number of rotatable bonds is 8. The van der Waals surface area contributed by atoms with Crippen LogP contribution >= 0.6 is 0 Å². The number of nitrogens with zero attached hydrogens (tertiary/aromatic N) is 7. The molecule has 0 bridgehead atoms. The maximum absolute atomic E-state index is 14.9. The first-order valence-corrected chi connectivity index (χ1v) is 19.6. The summed E-state index contributed by atoms with van der Waals surface area (Å²) in [5, 5.41) is 3.22. The molecule has 2 saturated heterocycles. The van der Waals surface area contributed by atoms with E-state index in [2.05, 4.69) is 46.1 Å². The second-order valence-electron chi connectivity index (χ2n) is 15.8. The Morgan fingerprint density at radius 1 is 0.964 bits per heavy atom. The summed E-state index contributed by atoms with van der Waals surface area (Å²) in [4.78, 5) is 59.9. The molecule has 12 heteroatoms. The number of amides is 2. The third-order valence-corrected chi connectivity index (χ3v) is 12.4. The monoisotopic (exact) mass is 740 g/mol. The van der Waals surface area contributed by atoms with Crippen molar-refractivity contribution in [3.63, 3.8) is 0 Å². The molecule has 1 saturated carbocycles. The first-order chi connectivity index (χ1) is 26.7. The minimum Gasteiger partial charge on any atom is -0.339 e. The van der Waals surface area contributed by atoms with E-state index in [0.717, 1.165) is 60.1 Å². The van der Waals surface area contributed by atoms with E-state index in [9.17, 15) is 18.8 Å². The quantitative estimate of drug-likeness (QED) is 0.165. The molecule has 0 atom stereocenters. The first kappa shape index (κ1) is 35.2. The van der Waals surface area contributed by atoms with E-state index < -0.39 is 11.2 Å². The maximum atomic E-state index is 14.9.